The number of carbonyl (C=O) groups is 1. The van der Waals surface area contributed by atoms with E-state index < -0.39 is 65.9 Å². The number of benzene rings is 2. The predicted molar refractivity (Wildman–Crippen MR) is 104 cm³/mol. The fourth-order valence-corrected chi connectivity index (χ4v) is 3.77. The number of hydrogen-bond acceptors (Lipinski definition) is 11. The summed E-state index contributed by atoms with van der Waals surface area (Å²) in [4.78, 5) is 13.3. The zero-order valence-electron chi connectivity index (χ0n) is 16.7. The van der Waals surface area contributed by atoms with Crippen molar-refractivity contribution in [3.8, 4) is 28.7 Å². The van der Waals surface area contributed by atoms with Gasteiger partial charge >= 0.3 is 0 Å². The molecule has 11 heteroatoms. The average molecular weight is 450 g/mol. The van der Waals surface area contributed by atoms with Gasteiger partial charge in [-0.2, -0.15) is 0 Å². The lowest BCUT2D eigenvalue weighted by Crippen LogP contribution is -2.59. The Hall–Kier alpha value is -3.09. The number of fused-ring (bicyclic) bond motifs is 1. The van der Waals surface area contributed by atoms with Crippen LogP contribution in [0.15, 0.2) is 30.3 Å². The van der Waals surface area contributed by atoms with Gasteiger partial charge in [0.15, 0.2) is 30.0 Å². The molecule has 7 atom stereocenters. The fraction of sp³-hybridized carbons (Fsp3) is 0.381. The molecule has 0 spiro atoms. The van der Waals surface area contributed by atoms with Crippen LogP contribution >= 0.6 is 0 Å². The minimum absolute atomic E-state index is 0.154. The van der Waals surface area contributed by atoms with Crippen LogP contribution in [0.1, 0.15) is 28.9 Å². The molecule has 1 saturated heterocycles. The highest BCUT2D eigenvalue weighted by atomic mass is 16.7. The molecule has 1 unspecified atom stereocenters. The van der Waals surface area contributed by atoms with E-state index in [1.807, 2.05) is 0 Å². The van der Waals surface area contributed by atoms with Gasteiger partial charge in [0.1, 0.15) is 41.1 Å². The topological polar surface area (TPSA) is 186 Å². The Labute approximate surface area is 181 Å². The molecule has 2 aliphatic rings. The van der Waals surface area contributed by atoms with E-state index in [2.05, 4.69) is 0 Å². The van der Waals surface area contributed by atoms with Crippen LogP contribution in [0, 0.1) is 0 Å². The van der Waals surface area contributed by atoms with Crippen LogP contribution in [0.5, 0.6) is 28.7 Å². The van der Waals surface area contributed by atoms with Crippen molar-refractivity contribution in [3.05, 3.63) is 41.5 Å². The molecular formula is C21H22O11. The maximum absolute atomic E-state index is 13.3. The van der Waals surface area contributed by atoms with Crippen molar-refractivity contribution in [2.24, 2.45) is 0 Å². The van der Waals surface area contributed by atoms with Gasteiger partial charge in [0, 0.05) is 12.1 Å². The number of phenolic OH excluding ortho intramolecular Hbond substituents is 4. The third kappa shape index (κ3) is 3.70. The van der Waals surface area contributed by atoms with Gasteiger partial charge < -0.3 is 50.0 Å². The molecule has 0 aliphatic carbocycles. The van der Waals surface area contributed by atoms with Crippen LogP contribution < -0.4 is 4.74 Å². The third-order valence-electron chi connectivity index (χ3n) is 5.52. The monoisotopic (exact) mass is 450 g/mol. The highest BCUT2D eigenvalue weighted by molar-refractivity contribution is 6.05. The molecule has 172 valence electrons. The molecule has 32 heavy (non-hydrogen) atoms. The number of ketones is 1. The molecule has 0 radical (unpaired) electrons. The Morgan fingerprint density at radius 2 is 1.59 bits per heavy atom. The van der Waals surface area contributed by atoms with Crippen molar-refractivity contribution in [1.82, 2.24) is 0 Å². The number of rotatable bonds is 3. The van der Waals surface area contributed by atoms with Crippen molar-refractivity contribution >= 4 is 5.78 Å². The van der Waals surface area contributed by atoms with Gasteiger partial charge in [0.25, 0.3) is 0 Å². The molecule has 1 fully saturated rings. The van der Waals surface area contributed by atoms with Gasteiger partial charge in [-0.3, -0.25) is 4.79 Å². The zero-order chi connectivity index (χ0) is 23.3. The van der Waals surface area contributed by atoms with Crippen molar-refractivity contribution in [2.45, 2.75) is 49.8 Å². The third-order valence-corrected chi connectivity index (χ3v) is 5.52. The summed E-state index contributed by atoms with van der Waals surface area (Å²) in [5.74, 6) is -2.79. The van der Waals surface area contributed by atoms with Crippen LogP contribution in [-0.2, 0) is 9.47 Å². The second kappa shape index (κ2) is 8.11. The Morgan fingerprint density at radius 3 is 2.28 bits per heavy atom. The number of hydrogen-bond donors (Lipinski definition) is 7. The number of ether oxygens (including phenoxy) is 3. The lowest BCUT2D eigenvalue weighted by molar-refractivity contribution is -0.304. The summed E-state index contributed by atoms with van der Waals surface area (Å²) >= 11 is 0. The van der Waals surface area contributed by atoms with E-state index >= 15 is 0 Å². The SMILES string of the molecule is C[C@H]1OC(O[C@@H]2C(=O)c3c(O)cc(O)cc3O[C@H]2c2ccc(O)c(O)c2)[C@H](O)[C@H](O)[C@@H]1O. The highest BCUT2D eigenvalue weighted by Gasteiger charge is 2.48. The number of aromatic hydroxyl groups is 4. The van der Waals surface area contributed by atoms with Crippen molar-refractivity contribution < 1.29 is 54.8 Å². The molecule has 7 N–H and O–H groups in total. The van der Waals surface area contributed by atoms with Crippen LogP contribution in [0.3, 0.4) is 0 Å². The summed E-state index contributed by atoms with van der Waals surface area (Å²) in [6, 6.07) is 5.72. The molecule has 2 aromatic carbocycles. The lowest BCUT2D eigenvalue weighted by Gasteiger charge is -2.42. The Balaban J connectivity index is 1.75. The molecule has 2 heterocycles. The minimum Gasteiger partial charge on any atom is -0.508 e. The first-order valence-corrected chi connectivity index (χ1v) is 9.72. The van der Waals surface area contributed by atoms with E-state index in [0.29, 0.717) is 0 Å². The molecule has 11 nitrogen and oxygen atoms in total. The first kappa shape index (κ1) is 22.1. The normalized spacial score (nSPS) is 32.2. The van der Waals surface area contributed by atoms with Crippen molar-refractivity contribution in [1.29, 1.82) is 0 Å². The molecular weight excluding hydrogens is 428 g/mol. The summed E-state index contributed by atoms with van der Waals surface area (Å²) in [5, 5.41) is 69.7. The summed E-state index contributed by atoms with van der Waals surface area (Å²) < 4.78 is 16.9. The van der Waals surface area contributed by atoms with Gasteiger partial charge in [0.05, 0.1) is 6.10 Å². The zero-order valence-corrected chi connectivity index (χ0v) is 16.7. The molecule has 0 amide bonds. The summed E-state index contributed by atoms with van der Waals surface area (Å²) in [6.45, 7) is 1.44. The maximum Gasteiger partial charge on any atom is 0.203 e. The van der Waals surface area contributed by atoms with Crippen LogP contribution in [0.2, 0.25) is 0 Å². The summed E-state index contributed by atoms with van der Waals surface area (Å²) in [6.07, 6.45) is -10.0. The predicted octanol–water partition coefficient (Wildman–Crippen LogP) is 0.0381. The molecule has 2 aliphatic heterocycles. The standard InChI is InChI=1S/C21H22O11/c1-7-15(26)17(28)18(29)21(30-7)32-20-16(27)14-12(25)5-9(22)6-13(14)31-19(20)8-2-3-10(23)11(24)4-8/h2-7,15,17-26,28-29H,1H3/t7-,15-,17-,18-,19+,20-,21?/m1/s1. The maximum atomic E-state index is 13.3. The number of phenols is 4. The largest absolute Gasteiger partial charge is 0.508 e. The number of Topliss-reactive ketones (excluding diaryl/α,β-unsaturated/α-hetero) is 1. The lowest BCUT2D eigenvalue weighted by atomic mass is 9.92. The van der Waals surface area contributed by atoms with Crippen molar-refractivity contribution in [2.75, 3.05) is 0 Å². The molecule has 0 saturated carbocycles. The smallest absolute Gasteiger partial charge is 0.203 e. The van der Waals surface area contributed by atoms with Gasteiger partial charge in [-0.15, -0.1) is 0 Å². The molecule has 4 rings (SSSR count). The van der Waals surface area contributed by atoms with Crippen molar-refractivity contribution in [3.63, 3.8) is 0 Å². The van der Waals surface area contributed by atoms with Gasteiger partial charge in [-0.25, -0.2) is 0 Å². The molecule has 0 bridgehead atoms. The van der Waals surface area contributed by atoms with E-state index in [1.54, 1.807) is 0 Å². The number of carbonyl (C=O) groups excluding carboxylic acids is 1. The fourth-order valence-electron chi connectivity index (χ4n) is 3.77. The molecule has 0 aromatic heterocycles. The minimum atomic E-state index is -1.71. The van der Waals surface area contributed by atoms with Gasteiger partial charge in [0.2, 0.25) is 5.78 Å². The average Bonchev–Trinajstić information content (AvgIpc) is 2.73. The second-order valence-corrected chi connectivity index (χ2v) is 7.73. The van der Waals surface area contributed by atoms with E-state index in [1.165, 1.54) is 19.1 Å². The summed E-state index contributed by atoms with van der Waals surface area (Å²) in [5.41, 5.74) is -0.1000. The van der Waals surface area contributed by atoms with Gasteiger partial charge in [-0.1, -0.05) is 6.07 Å². The van der Waals surface area contributed by atoms with E-state index in [9.17, 15) is 40.5 Å². The Bertz CT molecular complexity index is 1040. The van der Waals surface area contributed by atoms with Crippen LogP contribution in [-0.4, -0.2) is 78.3 Å². The van der Waals surface area contributed by atoms with Gasteiger partial charge in [-0.05, 0) is 24.6 Å². The first-order valence-electron chi connectivity index (χ1n) is 9.72. The first-order chi connectivity index (χ1) is 15.1. The quantitative estimate of drug-likeness (QED) is 0.313. The van der Waals surface area contributed by atoms with E-state index in [4.69, 9.17) is 14.2 Å². The van der Waals surface area contributed by atoms with Crippen LogP contribution in [0.4, 0.5) is 0 Å². The highest BCUT2D eigenvalue weighted by Crippen LogP contribution is 2.44. The second-order valence-electron chi connectivity index (χ2n) is 7.73. The van der Waals surface area contributed by atoms with Crippen LogP contribution in [0.25, 0.3) is 0 Å². The van der Waals surface area contributed by atoms with E-state index in [0.717, 1.165) is 18.2 Å². The number of aliphatic hydroxyl groups excluding tert-OH is 3. The summed E-state index contributed by atoms with van der Waals surface area (Å²) in [7, 11) is 0. The molecule has 2 aromatic rings. The Kier molecular flexibility index (Phi) is 5.61. The Morgan fingerprint density at radius 1 is 0.875 bits per heavy atom. The number of aliphatic hydroxyl groups is 3. The van der Waals surface area contributed by atoms with E-state index in [-0.39, 0.29) is 22.6 Å².